The number of rotatable bonds is 5. The van der Waals surface area contributed by atoms with Gasteiger partial charge in [0.1, 0.15) is 0 Å². The standard InChI is InChI=1S/C18H29NO/c1-4-19-17(16-12-8-7-11-15(16)2)18(20-3)13-9-5-6-10-14-18/h7-8,11-12,17,19H,4-6,9-10,13-14H2,1-3H3. The molecule has 0 bridgehead atoms. The molecule has 1 unspecified atom stereocenters. The Labute approximate surface area is 123 Å². The van der Waals surface area contributed by atoms with Crippen molar-refractivity contribution in [2.45, 2.75) is 64.0 Å². The van der Waals surface area contributed by atoms with Crippen molar-refractivity contribution in [3.05, 3.63) is 35.4 Å². The molecule has 112 valence electrons. The van der Waals surface area contributed by atoms with Crippen LogP contribution in [0, 0.1) is 6.92 Å². The number of ether oxygens (including phenoxy) is 1. The summed E-state index contributed by atoms with van der Waals surface area (Å²) in [6, 6.07) is 9.03. The lowest BCUT2D eigenvalue weighted by molar-refractivity contribution is -0.0538. The zero-order valence-corrected chi connectivity index (χ0v) is 13.2. The second-order valence-electron chi connectivity index (χ2n) is 6.03. The molecule has 1 aromatic rings. The van der Waals surface area contributed by atoms with E-state index < -0.39 is 0 Å². The van der Waals surface area contributed by atoms with Crippen LogP contribution >= 0.6 is 0 Å². The lowest BCUT2D eigenvalue weighted by Gasteiger charge is -2.40. The van der Waals surface area contributed by atoms with Crippen LogP contribution in [0.5, 0.6) is 0 Å². The van der Waals surface area contributed by atoms with Crippen molar-refractivity contribution in [3.63, 3.8) is 0 Å². The van der Waals surface area contributed by atoms with Gasteiger partial charge in [0.2, 0.25) is 0 Å². The molecule has 0 aromatic heterocycles. The van der Waals surface area contributed by atoms with E-state index >= 15 is 0 Å². The van der Waals surface area contributed by atoms with Crippen molar-refractivity contribution < 1.29 is 4.74 Å². The van der Waals surface area contributed by atoms with Crippen LogP contribution in [-0.2, 0) is 4.74 Å². The summed E-state index contributed by atoms with van der Waals surface area (Å²) in [5.74, 6) is 0. The highest BCUT2D eigenvalue weighted by atomic mass is 16.5. The topological polar surface area (TPSA) is 21.3 Å². The average molecular weight is 275 g/mol. The van der Waals surface area contributed by atoms with Crippen LogP contribution in [-0.4, -0.2) is 19.3 Å². The highest BCUT2D eigenvalue weighted by molar-refractivity contribution is 5.31. The van der Waals surface area contributed by atoms with E-state index in [1.54, 1.807) is 0 Å². The first-order chi connectivity index (χ1) is 9.73. The highest BCUT2D eigenvalue weighted by Gasteiger charge is 2.40. The fourth-order valence-electron chi connectivity index (χ4n) is 3.63. The van der Waals surface area contributed by atoms with Gasteiger partial charge in [-0.25, -0.2) is 0 Å². The Morgan fingerprint density at radius 2 is 1.80 bits per heavy atom. The van der Waals surface area contributed by atoms with E-state index in [4.69, 9.17) is 4.74 Å². The molecule has 0 spiro atoms. The largest absolute Gasteiger partial charge is 0.376 e. The Morgan fingerprint density at radius 3 is 2.35 bits per heavy atom. The summed E-state index contributed by atoms with van der Waals surface area (Å²) >= 11 is 0. The van der Waals surface area contributed by atoms with Crippen molar-refractivity contribution in [1.82, 2.24) is 5.32 Å². The van der Waals surface area contributed by atoms with Gasteiger partial charge < -0.3 is 10.1 Å². The molecular weight excluding hydrogens is 246 g/mol. The summed E-state index contributed by atoms with van der Waals surface area (Å²) in [5, 5.41) is 3.70. The van der Waals surface area contributed by atoms with E-state index in [2.05, 4.69) is 43.4 Å². The van der Waals surface area contributed by atoms with E-state index in [0.717, 1.165) is 19.4 Å². The molecule has 2 nitrogen and oxygen atoms in total. The van der Waals surface area contributed by atoms with Gasteiger partial charge in [-0.2, -0.15) is 0 Å². The van der Waals surface area contributed by atoms with Gasteiger partial charge in [-0.3, -0.25) is 0 Å². The number of likely N-dealkylation sites (N-methyl/N-ethyl adjacent to an activating group) is 1. The molecule has 1 N–H and O–H groups in total. The zero-order valence-electron chi connectivity index (χ0n) is 13.2. The Bertz CT molecular complexity index is 408. The molecule has 1 atom stereocenters. The number of benzene rings is 1. The number of aryl methyl sites for hydroxylation is 1. The second-order valence-corrected chi connectivity index (χ2v) is 6.03. The first kappa shape index (κ1) is 15.5. The molecule has 1 aliphatic carbocycles. The summed E-state index contributed by atoms with van der Waals surface area (Å²) in [6.07, 6.45) is 7.57. The van der Waals surface area contributed by atoms with Gasteiger partial charge in [0, 0.05) is 7.11 Å². The predicted octanol–water partition coefficient (Wildman–Crippen LogP) is 4.39. The van der Waals surface area contributed by atoms with Crippen LogP contribution in [0.25, 0.3) is 0 Å². The van der Waals surface area contributed by atoms with E-state index in [9.17, 15) is 0 Å². The van der Waals surface area contributed by atoms with E-state index in [0.29, 0.717) is 6.04 Å². The molecule has 0 saturated heterocycles. The molecular formula is C18H29NO. The lowest BCUT2D eigenvalue weighted by atomic mass is 9.80. The smallest absolute Gasteiger partial charge is 0.0872 e. The summed E-state index contributed by atoms with van der Waals surface area (Å²) in [4.78, 5) is 0. The van der Waals surface area contributed by atoms with Crippen LogP contribution < -0.4 is 5.32 Å². The Kier molecular flexibility index (Phi) is 5.62. The fraction of sp³-hybridized carbons (Fsp3) is 0.667. The predicted molar refractivity (Wildman–Crippen MR) is 85.0 cm³/mol. The third-order valence-electron chi connectivity index (χ3n) is 4.79. The Balaban J connectivity index is 2.36. The summed E-state index contributed by atoms with van der Waals surface area (Å²) in [7, 11) is 1.90. The van der Waals surface area contributed by atoms with Gasteiger partial charge >= 0.3 is 0 Å². The maximum absolute atomic E-state index is 6.12. The molecule has 1 fully saturated rings. The number of methoxy groups -OCH3 is 1. The normalized spacial score (nSPS) is 20.4. The van der Waals surface area contributed by atoms with Crippen molar-refractivity contribution >= 4 is 0 Å². The third-order valence-corrected chi connectivity index (χ3v) is 4.79. The van der Waals surface area contributed by atoms with E-state index in [1.165, 1.54) is 36.8 Å². The molecule has 0 heterocycles. The summed E-state index contributed by atoms with van der Waals surface area (Å²) in [6.45, 7) is 5.37. The monoisotopic (exact) mass is 275 g/mol. The first-order valence-corrected chi connectivity index (χ1v) is 8.07. The van der Waals surface area contributed by atoms with Crippen LogP contribution in [0.4, 0.5) is 0 Å². The quantitative estimate of drug-likeness (QED) is 0.805. The van der Waals surface area contributed by atoms with Gasteiger partial charge in [0.25, 0.3) is 0 Å². The SMILES string of the molecule is CCNC(c1ccccc1C)C1(OC)CCCCCC1. The van der Waals surface area contributed by atoms with Crippen LogP contribution in [0.15, 0.2) is 24.3 Å². The number of nitrogens with one attached hydrogen (secondary N) is 1. The Morgan fingerprint density at radius 1 is 1.15 bits per heavy atom. The van der Waals surface area contributed by atoms with Crippen molar-refractivity contribution in [2.75, 3.05) is 13.7 Å². The maximum Gasteiger partial charge on any atom is 0.0872 e. The molecule has 1 saturated carbocycles. The molecule has 20 heavy (non-hydrogen) atoms. The van der Waals surface area contributed by atoms with E-state index in [-0.39, 0.29) is 5.60 Å². The van der Waals surface area contributed by atoms with Crippen molar-refractivity contribution in [1.29, 1.82) is 0 Å². The fourth-order valence-corrected chi connectivity index (χ4v) is 3.63. The number of hydrogen-bond acceptors (Lipinski definition) is 2. The molecule has 0 aliphatic heterocycles. The minimum atomic E-state index is -0.0430. The minimum absolute atomic E-state index is 0.0430. The molecule has 0 radical (unpaired) electrons. The highest BCUT2D eigenvalue weighted by Crippen LogP contribution is 2.41. The van der Waals surface area contributed by atoms with Gasteiger partial charge in [-0.1, -0.05) is 56.9 Å². The van der Waals surface area contributed by atoms with E-state index in [1.807, 2.05) is 7.11 Å². The molecule has 1 aromatic carbocycles. The second kappa shape index (κ2) is 7.24. The summed E-state index contributed by atoms with van der Waals surface area (Å²) < 4.78 is 6.12. The number of hydrogen-bond donors (Lipinski definition) is 1. The van der Waals surface area contributed by atoms with Crippen LogP contribution in [0.1, 0.15) is 62.6 Å². The zero-order chi connectivity index (χ0) is 14.4. The molecule has 2 rings (SSSR count). The lowest BCUT2D eigenvalue weighted by Crippen LogP contribution is -2.45. The first-order valence-electron chi connectivity index (χ1n) is 8.07. The van der Waals surface area contributed by atoms with Gasteiger partial charge in [0.15, 0.2) is 0 Å². The third kappa shape index (κ3) is 3.24. The molecule has 1 aliphatic rings. The summed E-state index contributed by atoms with van der Waals surface area (Å²) in [5.41, 5.74) is 2.72. The average Bonchev–Trinajstić information content (AvgIpc) is 2.72. The van der Waals surface area contributed by atoms with Crippen molar-refractivity contribution in [3.8, 4) is 0 Å². The van der Waals surface area contributed by atoms with Gasteiger partial charge in [-0.15, -0.1) is 0 Å². The van der Waals surface area contributed by atoms with Gasteiger partial charge in [-0.05, 0) is 37.4 Å². The Hall–Kier alpha value is -0.860. The van der Waals surface area contributed by atoms with Crippen LogP contribution in [0.2, 0.25) is 0 Å². The molecule has 2 heteroatoms. The van der Waals surface area contributed by atoms with Gasteiger partial charge in [0.05, 0.1) is 11.6 Å². The van der Waals surface area contributed by atoms with Crippen LogP contribution in [0.3, 0.4) is 0 Å². The minimum Gasteiger partial charge on any atom is -0.376 e. The maximum atomic E-state index is 6.12. The van der Waals surface area contributed by atoms with Crippen molar-refractivity contribution in [2.24, 2.45) is 0 Å². The molecule has 0 amide bonds.